The van der Waals surface area contributed by atoms with Crippen molar-refractivity contribution in [3.8, 4) is 0 Å². The van der Waals surface area contributed by atoms with E-state index in [1.165, 1.54) is 35.4 Å². The van der Waals surface area contributed by atoms with Gasteiger partial charge in [0.2, 0.25) is 5.91 Å². The highest BCUT2D eigenvalue weighted by molar-refractivity contribution is 8.00. The summed E-state index contributed by atoms with van der Waals surface area (Å²) in [5.74, 6) is -0.771. The van der Waals surface area contributed by atoms with Crippen molar-refractivity contribution in [2.24, 2.45) is 0 Å². The number of nitrogens with one attached hydrogen (secondary N) is 1. The van der Waals surface area contributed by atoms with Crippen molar-refractivity contribution >= 4 is 23.6 Å². The van der Waals surface area contributed by atoms with E-state index >= 15 is 0 Å². The Labute approximate surface area is 150 Å². The van der Waals surface area contributed by atoms with Gasteiger partial charge in [-0.3, -0.25) is 4.79 Å². The van der Waals surface area contributed by atoms with Gasteiger partial charge in [-0.1, -0.05) is 34.9 Å². The number of carboxylic acids is 1. The Morgan fingerprint density at radius 2 is 1.50 bits per heavy atom. The summed E-state index contributed by atoms with van der Waals surface area (Å²) in [5.41, 5.74) is 4.01. The number of aliphatic carboxylic acids is 1. The van der Waals surface area contributed by atoms with Crippen LogP contribution in [0.2, 0.25) is 0 Å². The van der Waals surface area contributed by atoms with Gasteiger partial charge in [0.1, 0.15) is 0 Å². The quantitative estimate of drug-likeness (QED) is 0.418. The molecule has 0 rings (SSSR count). The first-order valence-corrected chi connectivity index (χ1v) is 9.33. The maximum atomic E-state index is 11.0. The van der Waals surface area contributed by atoms with Crippen molar-refractivity contribution in [3.05, 3.63) is 34.9 Å². The molecule has 0 aromatic rings. The monoisotopic (exact) mass is 353 g/mol. The lowest BCUT2D eigenvalue weighted by atomic mass is 10.1. The van der Waals surface area contributed by atoms with Gasteiger partial charge in [0, 0.05) is 12.7 Å². The lowest BCUT2D eigenvalue weighted by Crippen LogP contribution is -2.37. The Hall–Kier alpha value is -1.49. The molecule has 0 bridgehead atoms. The minimum absolute atomic E-state index is 0.329. The molecule has 0 aliphatic heterocycles. The summed E-state index contributed by atoms with van der Waals surface area (Å²) in [6, 6.07) is 0. The molecule has 0 aliphatic carbocycles. The van der Waals surface area contributed by atoms with Crippen LogP contribution in [0.4, 0.5) is 0 Å². The van der Waals surface area contributed by atoms with E-state index in [0.717, 1.165) is 25.7 Å². The van der Waals surface area contributed by atoms with Gasteiger partial charge in [-0.25, -0.2) is 4.79 Å². The summed E-state index contributed by atoms with van der Waals surface area (Å²) in [7, 11) is 0. The van der Waals surface area contributed by atoms with E-state index in [1.54, 1.807) is 0 Å². The average molecular weight is 354 g/mol. The Morgan fingerprint density at radius 3 is 2.00 bits per heavy atom. The van der Waals surface area contributed by atoms with Crippen molar-refractivity contribution in [1.29, 1.82) is 0 Å². The predicted octanol–water partition coefficient (Wildman–Crippen LogP) is 4.69. The molecule has 5 heteroatoms. The number of allylic oxidation sites excluding steroid dienone is 5. The van der Waals surface area contributed by atoms with Crippen molar-refractivity contribution in [1.82, 2.24) is 5.32 Å². The molecule has 0 fully saturated rings. The van der Waals surface area contributed by atoms with E-state index in [1.807, 2.05) is 6.08 Å². The second-order valence-electron chi connectivity index (χ2n) is 6.21. The fourth-order valence-corrected chi connectivity index (χ4v) is 2.95. The van der Waals surface area contributed by atoms with E-state index < -0.39 is 11.3 Å². The van der Waals surface area contributed by atoms with Crippen LogP contribution < -0.4 is 5.32 Å². The number of amides is 1. The summed E-state index contributed by atoms with van der Waals surface area (Å²) >= 11 is 1.21. The van der Waals surface area contributed by atoms with Crippen LogP contribution >= 0.6 is 11.8 Å². The maximum absolute atomic E-state index is 11.0. The summed E-state index contributed by atoms with van der Waals surface area (Å²) < 4.78 is 0. The third kappa shape index (κ3) is 13.0. The van der Waals surface area contributed by atoms with Crippen LogP contribution in [0, 0.1) is 0 Å². The highest BCUT2D eigenvalue weighted by Gasteiger charge is 2.17. The number of carbonyl (C=O) groups excluding carboxylic acids is 1. The summed E-state index contributed by atoms with van der Waals surface area (Å²) in [4.78, 5) is 22.0. The van der Waals surface area contributed by atoms with Crippen molar-refractivity contribution < 1.29 is 14.7 Å². The van der Waals surface area contributed by atoms with E-state index in [9.17, 15) is 9.59 Å². The van der Waals surface area contributed by atoms with Gasteiger partial charge >= 0.3 is 5.97 Å². The van der Waals surface area contributed by atoms with Crippen LogP contribution in [-0.4, -0.2) is 28.1 Å². The second kappa shape index (κ2) is 12.9. The van der Waals surface area contributed by atoms with Gasteiger partial charge in [-0.2, -0.15) is 0 Å². The molecule has 0 spiro atoms. The third-order valence-corrected chi connectivity index (χ3v) is 4.39. The van der Waals surface area contributed by atoms with Crippen LogP contribution in [0.5, 0.6) is 0 Å². The lowest BCUT2D eigenvalue weighted by molar-refractivity contribution is -0.138. The molecule has 24 heavy (non-hydrogen) atoms. The van der Waals surface area contributed by atoms with E-state index in [-0.39, 0.29) is 5.91 Å². The minimum atomic E-state index is -1.02. The van der Waals surface area contributed by atoms with Gasteiger partial charge in [-0.05, 0) is 53.4 Å². The van der Waals surface area contributed by atoms with Gasteiger partial charge in [0.15, 0.2) is 5.37 Å². The Balaban J connectivity index is 4.16. The van der Waals surface area contributed by atoms with Crippen molar-refractivity contribution in [2.75, 3.05) is 5.75 Å². The molecule has 136 valence electrons. The lowest BCUT2D eigenvalue weighted by Gasteiger charge is -2.11. The first kappa shape index (κ1) is 22.5. The Morgan fingerprint density at radius 1 is 0.958 bits per heavy atom. The Kier molecular flexibility index (Phi) is 12.1. The smallest absolute Gasteiger partial charge is 0.336 e. The minimum Gasteiger partial charge on any atom is -0.479 e. The number of hydrogen-bond donors (Lipinski definition) is 2. The van der Waals surface area contributed by atoms with Crippen molar-refractivity contribution in [2.45, 2.75) is 65.7 Å². The van der Waals surface area contributed by atoms with Crippen LogP contribution in [-0.2, 0) is 9.59 Å². The number of carboxylic acid groups (broad SMARTS) is 1. The van der Waals surface area contributed by atoms with E-state index in [4.69, 9.17) is 5.11 Å². The predicted molar refractivity (Wildman–Crippen MR) is 103 cm³/mol. The Bertz CT molecular complexity index is 503. The molecule has 0 radical (unpaired) electrons. The summed E-state index contributed by atoms with van der Waals surface area (Å²) in [6.45, 7) is 9.78. The van der Waals surface area contributed by atoms with Gasteiger partial charge in [0.25, 0.3) is 0 Å². The largest absolute Gasteiger partial charge is 0.479 e. The molecule has 0 aliphatic rings. The van der Waals surface area contributed by atoms with Gasteiger partial charge < -0.3 is 10.4 Å². The van der Waals surface area contributed by atoms with Crippen molar-refractivity contribution in [3.63, 3.8) is 0 Å². The molecule has 0 saturated carbocycles. The highest BCUT2D eigenvalue weighted by atomic mass is 32.2. The maximum Gasteiger partial charge on any atom is 0.336 e. The normalized spacial score (nSPS) is 13.4. The molecule has 1 unspecified atom stereocenters. The molecule has 2 N–H and O–H groups in total. The van der Waals surface area contributed by atoms with Crippen LogP contribution in [0.1, 0.15) is 60.3 Å². The van der Waals surface area contributed by atoms with Crippen LogP contribution in [0.25, 0.3) is 0 Å². The molecule has 1 amide bonds. The van der Waals surface area contributed by atoms with Crippen LogP contribution in [0.3, 0.4) is 0 Å². The number of carbonyl (C=O) groups is 2. The molecule has 1 atom stereocenters. The SMILES string of the molecule is CC(=O)NC(SCC=C(C)CCC=C(C)CCC=C(C)C)C(=O)O. The zero-order valence-electron chi connectivity index (χ0n) is 15.5. The van der Waals surface area contributed by atoms with E-state index in [2.05, 4.69) is 45.2 Å². The fraction of sp³-hybridized carbons (Fsp3) is 0.579. The number of thioether (sulfide) groups is 1. The average Bonchev–Trinajstić information content (AvgIpc) is 2.45. The topological polar surface area (TPSA) is 66.4 Å². The first-order valence-electron chi connectivity index (χ1n) is 8.28. The zero-order valence-corrected chi connectivity index (χ0v) is 16.3. The number of hydrogen-bond acceptors (Lipinski definition) is 3. The first-order chi connectivity index (χ1) is 11.2. The number of rotatable bonds is 11. The molecule has 0 aromatic carbocycles. The van der Waals surface area contributed by atoms with Gasteiger partial charge in [-0.15, -0.1) is 11.8 Å². The highest BCUT2D eigenvalue weighted by Crippen LogP contribution is 2.14. The molecule has 0 saturated heterocycles. The molecule has 0 aromatic heterocycles. The second-order valence-corrected chi connectivity index (χ2v) is 7.35. The summed E-state index contributed by atoms with van der Waals surface area (Å²) in [6.07, 6.45) is 10.7. The zero-order chi connectivity index (χ0) is 18.5. The molecular formula is C19H31NO3S. The van der Waals surface area contributed by atoms with E-state index in [0.29, 0.717) is 5.75 Å². The third-order valence-electron chi connectivity index (χ3n) is 3.38. The molecule has 4 nitrogen and oxygen atoms in total. The van der Waals surface area contributed by atoms with Crippen LogP contribution in [0.15, 0.2) is 34.9 Å². The molecular weight excluding hydrogens is 322 g/mol. The fourth-order valence-electron chi connectivity index (χ4n) is 1.98. The summed E-state index contributed by atoms with van der Waals surface area (Å²) in [5, 5.41) is 10.6. The van der Waals surface area contributed by atoms with Gasteiger partial charge in [0.05, 0.1) is 0 Å². The standard InChI is InChI=1S/C19H31NO3S/c1-14(2)8-6-9-15(3)10-7-11-16(4)12-13-24-18(19(22)23)20-17(5)21/h8,10,12,18H,6-7,9,11,13H2,1-5H3,(H,20,21)(H,22,23). The molecule has 0 heterocycles.